The number of esters is 1. The Kier molecular flexibility index (Phi) is 7.79. The van der Waals surface area contributed by atoms with Gasteiger partial charge in [0.05, 0.1) is 31.4 Å². The van der Waals surface area contributed by atoms with E-state index in [1.54, 1.807) is 38.5 Å². The fourth-order valence-corrected chi connectivity index (χ4v) is 5.73. The highest BCUT2D eigenvalue weighted by Crippen LogP contribution is 2.44. The van der Waals surface area contributed by atoms with Crippen molar-refractivity contribution < 1.29 is 28.2 Å². The molecule has 9 nitrogen and oxygen atoms in total. The van der Waals surface area contributed by atoms with Crippen molar-refractivity contribution in [3.8, 4) is 11.5 Å². The van der Waals surface area contributed by atoms with Crippen LogP contribution >= 0.6 is 0 Å². The number of allylic oxidation sites excluding steroid dienone is 1. The average Bonchev–Trinajstić information content (AvgIpc) is 3.45. The smallest absolute Gasteiger partial charge is 0.345 e. The van der Waals surface area contributed by atoms with Crippen molar-refractivity contribution in [2.45, 2.75) is 25.3 Å². The number of rotatable bonds is 7. The maximum absolute atomic E-state index is 13.6. The molecule has 43 heavy (non-hydrogen) atoms. The third-order valence-electron chi connectivity index (χ3n) is 7.90. The lowest BCUT2D eigenvalue weighted by Gasteiger charge is -2.29. The minimum atomic E-state index is -0.932. The predicted octanol–water partition coefficient (Wildman–Crippen LogP) is 5.79. The lowest BCUT2D eigenvalue weighted by Crippen LogP contribution is -2.34. The molecule has 0 radical (unpaired) electrons. The Labute approximate surface area is 248 Å². The number of carbonyl (C=O) groups is 2. The van der Waals surface area contributed by atoms with Gasteiger partial charge in [0.25, 0.3) is 5.91 Å². The summed E-state index contributed by atoms with van der Waals surface area (Å²) in [5, 5.41) is 6.52. The molecule has 0 saturated heterocycles. The van der Waals surface area contributed by atoms with E-state index in [2.05, 4.69) is 6.08 Å². The number of amides is 1. The van der Waals surface area contributed by atoms with E-state index >= 15 is 0 Å². The molecule has 0 bridgehead atoms. The molecular weight excluding hydrogens is 548 g/mol. The Balaban J connectivity index is 1.28. The SMILES string of the molecule is COc1ccc(/C=C2\CCC[C@H]3C2=NN(C(=O)COC(=O)c2coc4ccccc4c2=O)[C@@H]3c2ccc(OC)cc2)cc1. The lowest BCUT2D eigenvalue weighted by molar-refractivity contribution is -0.137. The zero-order valence-electron chi connectivity index (χ0n) is 23.8. The molecule has 0 spiro atoms. The van der Waals surface area contributed by atoms with Gasteiger partial charge >= 0.3 is 5.97 Å². The number of carbonyl (C=O) groups excluding carboxylic acids is 2. The summed E-state index contributed by atoms with van der Waals surface area (Å²) < 4.78 is 21.4. The third-order valence-corrected chi connectivity index (χ3v) is 7.90. The van der Waals surface area contributed by atoms with Gasteiger partial charge in [0.1, 0.15) is 28.9 Å². The van der Waals surface area contributed by atoms with E-state index < -0.39 is 30.0 Å². The fourth-order valence-electron chi connectivity index (χ4n) is 5.73. The standard InChI is InChI=1S/C34H30N2O7/c1-40-24-14-10-21(11-15-24)18-23-6-5-8-27-31(23)35-36(32(27)22-12-16-25(41-2)17-13-22)30(37)20-43-34(39)28-19-42-29-9-4-3-7-26(29)33(28)38/h3-4,7,9-19,27,32H,5-6,8,20H2,1-2H3/b23-18+/t27-,32+/m0/s1. The van der Waals surface area contributed by atoms with E-state index in [4.69, 9.17) is 23.7 Å². The van der Waals surface area contributed by atoms with Gasteiger partial charge in [-0.2, -0.15) is 5.10 Å². The normalized spacial score (nSPS) is 18.7. The van der Waals surface area contributed by atoms with E-state index in [9.17, 15) is 14.4 Å². The first-order valence-electron chi connectivity index (χ1n) is 14.0. The average molecular weight is 579 g/mol. The molecule has 2 atom stereocenters. The predicted molar refractivity (Wildman–Crippen MR) is 161 cm³/mol. The van der Waals surface area contributed by atoms with Gasteiger partial charge in [-0.1, -0.05) is 36.4 Å². The van der Waals surface area contributed by atoms with Crippen LogP contribution < -0.4 is 14.9 Å². The molecule has 9 heteroatoms. The number of methoxy groups -OCH3 is 2. The quantitative estimate of drug-likeness (QED) is 0.256. The maximum atomic E-state index is 13.6. The number of para-hydroxylation sites is 1. The molecular formula is C34H30N2O7. The molecule has 0 N–H and O–H groups in total. The molecule has 1 fully saturated rings. The van der Waals surface area contributed by atoms with Crippen LogP contribution in [0.1, 0.15) is 46.8 Å². The molecule has 2 heterocycles. The molecule has 6 rings (SSSR count). The van der Waals surface area contributed by atoms with Crippen molar-refractivity contribution in [2.24, 2.45) is 11.0 Å². The molecule has 1 aliphatic heterocycles. The Hall–Kier alpha value is -5.18. The van der Waals surface area contributed by atoms with Gasteiger partial charge in [-0.3, -0.25) is 9.59 Å². The number of hydrazone groups is 1. The van der Waals surface area contributed by atoms with Crippen molar-refractivity contribution >= 4 is 34.6 Å². The molecule has 2 aliphatic rings. The molecule has 1 saturated carbocycles. The van der Waals surface area contributed by atoms with E-state index in [-0.39, 0.29) is 16.9 Å². The molecule has 1 aromatic heterocycles. The van der Waals surface area contributed by atoms with Crippen LogP contribution in [0.4, 0.5) is 0 Å². The Morgan fingerprint density at radius 2 is 1.67 bits per heavy atom. The summed E-state index contributed by atoms with van der Waals surface area (Å²) in [5.74, 6) is 0.00366. The lowest BCUT2D eigenvalue weighted by atomic mass is 9.77. The highest BCUT2D eigenvalue weighted by Gasteiger charge is 2.44. The van der Waals surface area contributed by atoms with Gasteiger partial charge in [0, 0.05) is 5.92 Å². The number of hydrogen-bond acceptors (Lipinski definition) is 8. The zero-order chi connectivity index (χ0) is 29.9. The third kappa shape index (κ3) is 5.53. The van der Waals surface area contributed by atoms with Crippen LogP contribution in [0.25, 0.3) is 17.0 Å². The molecule has 218 valence electrons. The topological polar surface area (TPSA) is 108 Å². The fraction of sp³-hybridized carbons (Fsp3) is 0.235. The van der Waals surface area contributed by atoms with Gasteiger partial charge in [0.15, 0.2) is 6.61 Å². The van der Waals surface area contributed by atoms with Crippen molar-refractivity contribution in [3.05, 3.63) is 112 Å². The summed E-state index contributed by atoms with van der Waals surface area (Å²) in [6.45, 7) is -0.585. The summed E-state index contributed by atoms with van der Waals surface area (Å²) in [6.07, 6.45) is 5.77. The first-order chi connectivity index (χ1) is 21.0. The van der Waals surface area contributed by atoms with E-state index in [1.807, 2.05) is 48.5 Å². The second-order valence-electron chi connectivity index (χ2n) is 10.4. The highest BCUT2D eigenvalue weighted by atomic mass is 16.5. The van der Waals surface area contributed by atoms with Crippen LogP contribution in [0.5, 0.6) is 11.5 Å². The first-order valence-corrected chi connectivity index (χ1v) is 14.0. The summed E-state index contributed by atoms with van der Waals surface area (Å²) in [7, 11) is 3.23. The van der Waals surface area contributed by atoms with Crippen LogP contribution in [0.15, 0.2) is 98.9 Å². The number of fused-ring (bicyclic) bond motifs is 2. The second-order valence-corrected chi connectivity index (χ2v) is 10.4. The second kappa shape index (κ2) is 12.0. The van der Waals surface area contributed by atoms with Crippen molar-refractivity contribution in [1.29, 1.82) is 0 Å². The largest absolute Gasteiger partial charge is 0.497 e. The molecule has 1 aliphatic carbocycles. The van der Waals surface area contributed by atoms with Crippen LogP contribution in [-0.4, -0.2) is 43.4 Å². The monoisotopic (exact) mass is 578 g/mol. The van der Waals surface area contributed by atoms with E-state index in [1.165, 1.54) is 5.01 Å². The van der Waals surface area contributed by atoms with Gasteiger partial charge in [-0.25, -0.2) is 9.80 Å². The number of ether oxygens (including phenoxy) is 3. The van der Waals surface area contributed by atoms with Gasteiger partial charge in [-0.15, -0.1) is 0 Å². The van der Waals surface area contributed by atoms with Crippen molar-refractivity contribution in [2.75, 3.05) is 20.8 Å². The molecule has 0 unspecified atom stereocenters. The summed E-state index contributed by atoms with van der Waals surface area (Å²) in [4.78, 5) is 39.4. The number of nitrogens with zero attached hydrogens (tertiary/aromatic N) is 2. The van der Waals surface area contributed by atoms with Crippen LogP contribution in [-0.2, 0) is 9.53 Å². The van der Waals surface area contributed by atoms with Crippen molar-refractivity contribution in [1.82, 2.24) is 5.01 Å². The van der Waals surface area contributed by atoms with Gasteiger partial charge in [0.2, 0.25) is 5.43 Å². The minimum Gasteiger partial charge on any atom is -0.497 e. The summed E-state index contributed by atoms with van der Waals surface area (Å²) >= 11 is 0. The molecule has 1 amide bonds. The van der Waals surface area contributed by atoms with Crippen molar-refractivity contribution in [3.63, 3.8) is 0 Å². The van der Waals surface area contributed by atoms with Gasteiger partial charge in [-0.05, 0) is 78.4 Å². The van der Waals surface area contributed by atoms with E-state index in [0.717, 1.165) is 53.7 Å². The number of benzene rings is 3. The first kappa shape index (κ1) is 28.0. The molecule has 4 aromatic rings. The van der Waals surface area contributed by atoms with E-state index in [0.29, 0.717) is 11.3 Å². The summed E-state index contributed by atoms with van der Waals surface area (Å²) in [5.41, 5.74) is 3.37. The van der Waals surface area contributed by atoms with Gasteiger partial charge < -0.3 is 18.6 Å². The maximum Gasteiger partial charge on any atom is 0.345 e. The number of hydrogen-bond donors (Lipinski definition) is 0. The van der Waals surface area contributed by atoms with Crippen LogP contribution in [0.3, 0.4) is 0 Å². The van der Waals surface area contributed by atoms with Crippen LogP contribution in [0.2, 0.25) is 0 Å². The Morgan fingerprint density at radius 1 is 0.977 bits per heavy atom. The minimum absolute atomic E-state index is 0.0428. The van der Waals surface area contributed by atoms with Crippen LogP contribution in [0, 0.1) is 5.92 Å². The highest BCUT2D eigenvalue weighted by molar-refractivity contribution is 6.08. The zero-order valence-corrected chi connectivity index (χ0v) is 23.8. The summed E-state index contributed by atoms with van der Waals surface area (Å²) in [6, 6.07) is 21.6. The Bertz CT molecular complexity index is 1790. The Morgan fingerprint density at radius 3 is 2.40 bits per heavy atom. The molecule has 3 aromatic carbocycles.